The zero-order valence-corrected chi connectivity index (χ0v) is 12.5. The molecule has 4 nitrogen and oxygen atoms in total. The van der Waals surface area contributed by atoms with Gasteiger partial charge in [-0.25, -0.2) is 4.79 Å². The Hall–Kier alpha value is -1.33. The van der Waals surface area contributed by atoms with Crippen molar-refractivity contribution in [3.05, 3.63) is 39.0 Å². The molecule has 19 heavy (non-hydrogen) atoms. The third kappa shape index (κ3) is 2.82. The van der Waals surface area contributed by atoms with Gasteiger partial charge in [-0.2, -0.15) is 0 Å². The van der Waals surface area contributed by atoms with E-state index in [1.807, 2.05) is 6.92 Å². The molecule has 0 aliphatic heterocycles. The van der Waals surface area contributed by atoms with Crippen LogP contribution in [0.2, 0.25) is 5.02 Å². The molecule has 2 aromatic rings. The molecule has 0 amide bonds. The average molecular weight is 345 g/mol. The van der Waals surface area contributed by atoms with Crippen LogP contribution in [0, 0.1) is 0 Å². The number of rotatable bonds is 4. The molecular formula is C13H11BrClNO3. The normalized spacial score (nSPS) is 10.7. The smallest absolute Gasteiger partial charge is 0.341 e. The van der Waals surface area contributed by atoms with Crippen molar-refractivity contribution in [2.24, 2.45) is 0 Å². The van der Waals surface area contributed by atoms with Gasteiger partial charge in [-0.3, -0.25) is 0 Å². The number of carbonyl (C=O) groups is 1. The topological polar surface area (TPSA) is 63.3 Å². The van der Waals surface area contributed by atoms with Crippen molar-refractivity contribution >= 4 is 33.5 Å². The quantitative estimate of drug-likeness (QED) is 0.892. The minimum Gasteiger partial charge on any atom is -0.477 e. The molecule has 0 spiro atoms. The number of aromatic carboxylic acids is 1. The van der Waals surface area contributed by atoms with Crippen molar-refractivity contribution in [1.82, 2.24) is 5.16 Å². The lowest BCUT2D eigenvalue weighted by molar-refractivity contribution is 0.0695. The minimum atomic E-state index is -1.06. The first-order valence-corrected chi connectivity index (χ1v) is 6.89. The summed E-state index contributed by atoms with van der Waals surface area (Å²) in [6, 6.07) is 5.18. The monoisotopic (exact) mass is 343 g/mol. The second-order valence-electron chi connectivity index (χ2n) is 4.01. The molecule has 6 heteroatoms. The summed E-state index contributed by atoms with van der Waals surface area (Å²) in [5.74, 6) is -0.678. The van der Waals surface area contributed by atoms with Crippen LogP contribution in [-0.2, 0) is 6.42 Å². The zero-order valence-electron chi connectivity index (χ0n) is 10.1. The molecule has 0 radical (unpaired) electrons. The van der Waals surface area contributed by atoms with Gasteiger partial charge in [0.1, 0.15) is 11.3 Å². The Bertz CT molecular complexity index is 624. The van der Waals surface area contributed by atoms with Crippen molar-refractivity contribution < 1.29 is 14.4 Å². The van der Waals surface area contributed by atoms with Crippen LogP contribution in [0.1, 0.15) is 29.5 Å². The molecule has 0 aliphatic rings. The van der Waals surface area contributed by atoms with E-state index in [2.05, 4.69) is 21.1 Å². The van der Waals surface area contributed by atoms with Crippen LogP contribution in [0.3, 0.4) is 0 Å². The van der Waals surface area contributed by atoms with Gasteiger partial charge in [0.2, 0.25) is 0 Å². The Kier molecular flexibility index (Phi) is 4.27. The lowest BCUT2D eigenvalue weighted by Gasteiger charge is -2.02. The van der Waals surface area contributed by atoms with Crippen molar-refractivity contribution in [3.63, 3.8) is 0 Å². The summed E-state index contributed by atoms with van der Waals surface area (Å²) in [5, 5.41) is 13.6. The van der Waals surface area contributed by atoms with Crippen LogP contribution < -0.4 is 0 Å². The minimum absolute atomic E-state index is 0.0890. The molecule has 1 heterocycles. The second kappa shape index (κ2) is 5.75. The van der Waals surface area contributed by atoms with Gasteiger partial charge in [0.05, 0.1) is 5.02 Å². The number of benzene rings is 1. The van der Waals surface area contributed by atoms with Crippen molar-refractivity contribution in [2.75, 3.05) is 0 Å². The van der Waals surface area contributed by atoms with E-state index in [1.165, 1.54) is 0 Å². The second-order valence-corrected chi connectivity index (χ2v) is 5.33. The predicted octanol–water partition coefficient (Wildman–Crippen LogP) is 4.41. The zero-order chi connectivity index (χ0) is 14.0. The number of carboxylic acid groups (broad SMARTS) is 1. The summed E-state index contributed by atoms with van der Waals surface area (Å²) in [6.45, 7) is 1.94. The maximum atomic E-state index is 11.4. The van der Waals surface area contributed by atoms with Crippen molar-refractivity contribution in [1.29, 1.82) is 0 Å². The number of hydrogen-bond acceptors (Lipinski definition) is 3. The first-order chi connectivity index (χ1) is 9.04. The number of halogens is 2. The molecule has 1 aromatic heterocycles. The molecule has 100 valence electrons. The first-order valence-electron chi connectivity index (χ1n) is 5.71. The number of hydrogen-bond donors (Lipinski definition) is 1. The van der Waals surface area contributed by atoms with E-state index >= 15 is 0 Å². The highest BCUT2D eigenvalue weighted by Gasteiger charge is 2.24. The van der Waals surface area contributed by atoms with Gasteiger partial charge >= 0.3 is 5.97 Å². The summed E-state index contributed by atoms with van der Waals surface area (Å²) in [7, 11) is 0. The molecule has 1 N–H and O–H groups in total. The van der Waals surface area contributed by atoms with Crippen LogP contribution in [-0.4, -0.2) is 16.2 Å². The Morgan fingerprint density at radius 2 is 2.26 bits per heavy atom. The molecule has 0 bridgehead atoms. The Morgan fingerprint density at radius 3 is 2.84 bits per heavy atom. The van der Waals surface area contributed by atoms with Crippen molar-refractivity contribution in [3.8, 4) is 11.3 Å². The third-order valence-electron chi connectivity index (χ3n) is 2.64. The molecule has 0 aliphatic carbocycles. The maximum absolute atomic E-state index is 11.4. The Balaban J connectivity index is 2.58. The summed E-state index contributed by atoms with van der Waals surface area (Å²) in [4.78, 5) is 11.4. The lowest BCUT2D eigenvalue weighted by atomic mass is 10.0. The van der Waals surface area contributed by atoms with Crippen LogP contribution in [0.4, 0.5) is 0 Å². The molecule has 0 saturated carbocycles. The average Bonchev–Trinajstić information content (AvgIpc) is 2.73. The van der Waals surface area contributed by atoms with Gasteiger partial charge in [0.25, 0.3) is 0 Å². The fraction of sp³-hybridized carbons (Fsp3) is 0.231. The van der Waals surface area contributed by atoms with E-state index in [9.17, 15) is 9.90 Å². The lowest BCUT2D eigenvalue weighted by Crippen LogP contribution is -2.01. The van der Waals surface area contributed by atoms with E-state index in [0.29, 0.717) is 22.8 Å². The molecule has 0 saturated heterocycles. The van der Waals surface area contributed by atoms with E-state index < -0.39 is 5.97 Å². The fourth-order valence-electron chi connectivity index (χ4n) is 1.81. The molecule has 2 rings (SSSR count). The van der Waals surface area contributed by atoms with Gasteiger partial charge in [0.15, 0.2) is 5.76 Å². The molecule has 0 unspecified atom stereocenters. The third-order valence-corrected chi connectivity index (χ3v) is 3.45. The van der Waals surface area contributed by atoms with Crippen LogP contribution >= 0.6 is 27.5 Å². The summed E-state index contributed by atoms with van der Waals surface area (Å²) >= 11 is 9.42. The molecular weight excluding hydrogens is 334 g/mol. The van der Waals surface area contributed by atoms with E-state index in [1.54, 1.807) is 18.2 Å². The largest absolute Gasteiger partial charge is 0.477 e. The number of nitrogens with zero attached hydrogens (tertiary/aromatic N) is 1. The van der Waals surface area contributed by atoms with Gasteiger partial charge < -0.3 is 9.63 Å². The summed E-state index contributed by atoms with van der Waals surface area (Å²) < 4.78 is 5.95. The van der Waals surface area contributed by atoms with E-state index in [-0.39, 0.29) is 11.3 Å². The highest BCUT2D eigenvalue weighted by atomic mass is 79.9. The van der Waals surface area contributed by atoms with E-state index in [0.717, 1.165) is 10.9 Å². The predicted molar refractivity (Wildman–Crippen MR) is 75.6 cm³/mol. The summed E-state index contributed by atoms with van der Waals surface area (Å²) in [6.07, 6.45) is 1.31. The van der Waals surface area contributed by atoms with Gasteiger partial charge in [-0.15, -0.1) is 0 Å². The molecule has 0 fully saturated rings. The first kappa shape index (κ1) is 14.1. The highest BCUT2D eigenvalue weighted by molar-refractivity contribution is 9.10. The highest BCUT2D eigenvalue weighted by Crippen LogP contribution is 2.33. The van der Waals surface area contributed by atoms with Crippen molar-refractivity contribution in [2.45, 2.75) is 19.8 Å². The molecule has 0 atom stereocenters. The van der Waals surface area contributed by atoms with Crippen LogP contribution in [0.25, 0.3) is 11.3 Å². The van der Waals surface area contributed by atoms with Gasteiger partial charge in [-0.05, 0) is 18.6 Å². The number of carboxylic acids is 1. The maximum Gasteiger partial charge on any atom is 0.341 e. The standard InChI is InChI=1S/C13H11BrClNO3/c1-2-3-10-11(13(17)18)12(16-19-10)8-5-4-7(14)6-9(8)15/h4-6H,2-3H2,1H3,(H,17,18). The number of aryl methyl sites for hydroxylation is 1. The Labute approximate surface area is 123 Å². The Morgan fingerprint density at radius 1 is 1.53 bits per heavy atom. The van der Waals surface area contributed by atoms with Gasteiger partial charge in [-0.1, -0.05) is 45.7 Å². The summed E-state index contributed by atoms with van der Waals surface area (Å²) in [5.41, 5.74) is 0.910. The van der Waals surface area contributed by atoms with Gasteiger partial charge in [0, 0.05) is 16.5 Å². The molecule has 1 aromatic carbocycles. The number of aromatic nitrogens is 1. The fourth-order valence-corrected chi connectivity index (χ4v) is 2.57. The SMILES string of the molecule is CCCc1onc(-c2ccc(Br)cc2Cl)c1C(=O)O. The van der Waals surface area contributed by atoms with E-state index in [4.69, 9.17) is 16.1 Å². The van der Waals surface area contributed by atoms with Crippen LogP contribution in [0.15, 0.2) is 27.2 Å². The van der Waals surface area contributed by atoms with Crippen LogP contribution in [0.5, 0.6) is 0 Å².